The van der Waals surface area contributed by atoms with E-state index in [1.807, 2.05) is 41.8 Å². The SMILES string of the molecule is COc1ccc(CN(C)C(=O)CSc2nncn2-c2ccc(C)c(Cl)c2)c(OC)c1. The summed E-state index contributed by atoms with van der Waals surface area (Å²) in [5, 5.41) is 9.40. The van der Waals surface area contributed by atoms with Gasteiger partial charge in [-0.05, 0) is 36.8 Å². The van der Waals surface area contributed by atoms with Crippen molar-refractivity contribution in [2.45, 2.75) is 18.6 Å². The third-order valence-electron chi connectivity index (χ3n) is 4.60. The smallest absolute Gasteiger partial charge is 0.233 e. The summed E-state index contributed by atoms with van der Waals surface area (Å²) in [6, 6.07) is 11.3. The number of methoxy groups -OCH3 is 2. The number of hydrogen-bond donors (Lipinski definition) is 0. The van der Waals surface area contributed by atoms with Crippen LogP contribution >= 0.6 is 23.4 Å². The van der Waals surface area contributed by atoms with Gasteiger partial charge in [0, 0.05) is 30.2 Å². The minimum Gasteiger partial charge on any atom is -0.497 e. The largest absolute Gasteiger partial charge is 0.497 e. The van der Waals surface area contributed by atoms with Crippen molar-refractivity contribution in [3.8, 4) is 17.2 Å². The Morgan fingerprint density at radius 3 is 2.70 bits per heavy atom. The zero-order chi connectivity index (χ0) is 21.7. The molecule has 0 spiro atoms. The van der Waals surface area contributed by atoms with Crippen molar-refractivity contribution in [3.63, 3.8) is 0 Å². The van der Waals surface area contributed by atoms with E-state index in [1.165, 1.54) is 11.8 Å². The number of hydrogen-bond acceptors (Lipinski definition) is 6. The maximum atomic E-state index is 12.7. The molecule has 158 valence electrons. The number of ether oxygens (including phenoxy) is 2. The van der Waals surface area contributed by atoms with Gasteiger partial charge in [-0.3, -0.25) is 9.36 Å². The van der Waals surface area contributed by atoms with Crippen molar-refractivity contribution in [3.05, 3.63) is 58.9 Å². The summed E-state index contributed by atoms with van der Waals surface area (Å²) < 4.78 is 12.4. The van der Waals surface area contributed by atoms with Crippen LogP contribution in [0.5, 0.6) is 11.5 Å². The Bertz CT molecular complexity index is 1040. The lowest BCUT2D eigenvalue weighted by molar-refractivity contribution is -0.127. The summed E-state index contributed by atoms with van der Waals surface area (Å²) in [7, 11) is 4.96. The monoisotopic (exact) mass is 446 g/mol. The molecular weight excluding hydrogens is 424 g/mol. The van der Waals surface area contributed by atoms with E-state index in [0.29, 0.717) is 28.2 Å². The van der Waals surface area contributed by atoms with E-state index in [4.69, 9.17) is 21.1 Å². The summed E-state index contributed by atoms with van der Waals surface area (Å²) in [5.74, 6) is 1.58. The summed E-state index contributed by atoms with van der Waals surface area (Å²) in [6.07, 6.45) is 1.61. The predicted octanol–water partition coefficient (Wildman–Crippen LogP) is 4.00. The van der Waals surface area contributed by atoms with Crippen LogP contribution in [-0.2, 0) is 11.3 Å². The molecular formula is C21H23ClN4O3S. The number of rotatable bonds is 8. The first-order chi connectivity index (χ1) is 14.4. The molecule has 0 aliphatic carbocycles. The van der Waals surface area contributed by atoms with E-state index in [-0.39, 0.29) is 11.7 Å². The highest BCUT2D eigenvalue weighted by Crippen LogP contribution is 2.27. The highest BCUT2D eigenvalue weighted by atomic mass is 35.5. The first-order valence-electron chi connectivity index (χ1n) is 9.17. The first-order valence-corrected chi connectivity index (χ1v) is 10.5. The van der Waals surface area contributed by atoms with Gasteiger partial charge in [0.05, 0.1) is 25.7 Å². The summed E-state index contributed by atoms with van der Waals surface area (Å²) in [6.45, 7) is 2.37. The molecule has 0 bridgehead atoms. The fourth-order valence-electron chi connectivity index (χ4n) is 2.79. The lowest BCUT2D eigenvalue weighted by atomic mass is 10.2. The highest BCUT2D eigenvalue weighted by Gasteiger charge is 2.16. The summed E-state index contributed by atoms with van der Waals surface area (Å²) >= 11 is 7.56. The van der Waals surface area contributed by atoms with Gasteiger partial charge in [0.25, 0.3) is 0 Å². The van der Waals surface area contributed by atoms with Crippen molar-refractivity contribution in [2.24, 2.45) is 0 Å². The van der Waals surface area contributed by atoms with Crippen molar-refractivity contribution in [1.29, 1.82) is 0 Å². The van der Waals surface area contributed by atoms with Gasteiger partial charge in [-0.2, -0.15) is 0 Å². The fraction of sp³-hybridized carbons (Fsp3) is 0.286. The van der Waals surface area contributed by atoms with Crippen LogP contribution in [0.25, 0.3) is 5.69 Å². The quantitative estimate of drug-likeness (QED) is 0.487. The second-order valence-electron chi connectivity index (χ2n) is 6.63. The van der Waals surface area contributed by atoms with E-state index < -0.39 is 0 Å². The van der Waals surface area contributed by atoms with Crippen LogP contribution in [0.1, 0.15) is 11.1 Å². The maximum absolute atomic E-state index is 12.7. The van der Waals surface area contributed by atoms with Crippen molar-refractivity contribution >= 4 is 29.3 Å². The number of thioether (sulfide) groups is 1. The van der Waals surface area contributed by atoms with Crippen molar-refractivity contribution in [2.75, 3.05) is 27.0 Å². The van der Waals surface area contributed by atoms with Crippen molar-refractivity contribution in [1.82, 2.24) is 19.7 Å². The van der Waals surface area contributed by atoms with Gasteiger partial charge in [0.15, 0.2) is 5.16 Å². The third-order valence-corrected chi connectivity index (χ3v) is 5.94. The molecule has 7 nitrogen and oxygen atoms in total. The summed E-state index contributed by atoms with van der Waals surface area (Å²) in [4.78, 5) is 14.3. The number of aryl methyl sites for hydroxylation is 1. The van der Waals surface area contributed by atoms with Crippen LogP contribution in [-0.4, -0.2) is 52.6 Å². The molecule has 2 aromatic carbocycles. The number of halogens is 1. The van der Waals surface area contributed by atoms with E-state index >= 15 is 0 Å². The van der Waals surface area contributed by atoms with Crippen LogP contribution in [0.4, 0.5) is 0 Å². The van der Waals surface area contributed by atoms with Crippen LogP contribution in [0.15, 0.2) is 47.9 Å². The van der Waals surface area contributed by atoms with Gasteiger partial charge in [-0.15, -0.1) is 10.2 Å². The van der Waals surface area contributed by atoms with Gasteiger partial charge < -0.3 is 14.4 Å². The average Bonchev–Trinajstić information content (AvgIpc) is 3.22. The Hall–Kier alpha value is -2.71. The van der Waals surface area contributed by atoms with E-state index in [1.54, 1.807) is 38.6 Å². The van der Waals surface area contributed by atoms with E-state index in [9.17, 15) is 4.79 Å². The zero-order valence-corrected chi connectivity index (χ0v) is 18.8. The number of aromatic nitrogens is 3. The van der Waals surface area contributed by atoms with Crippen LogP contribution < -0.4 is 9.47 Å². The van der Waals surface area contributed by atoms with Gasteiger partial charge >= 0.3 is 0 Å². The molecule has 0 saturated heterocycles. The molecule has 3 rings (SSSR count). The first kappa shape index (κ1) is 22.0. The normalized spacial score (nSPS) is 10.7. The summed E-state index contributed by atoms with van der Waals surface area (Å²) in [5.41, 5.74) is 2.74. The Balaban J connectivity index is 1.65. The van der Waals surface area contributed by atoms with Gasteiger partial charge in [-0.1, -0.05) is 29.4 Å². The zero-order valence-electron chi connectivity index (χ0n) is 17.3. The number of carbonyl (C=O) groups excluding carboxylic acids is 1. The number of amides is 1. The van der Waals surface area contributed by atoms with Gasteiger partial charge in [0.1, 0.15) is 17.8 Å². The van der Waals surface area contributed by atoms with Crippen LogP contribution in [0.2, 0.25) is 5.02 Å². The van der Waals surface area contributed by atoms with Crippen molar-refractivity contribution < 1.29 is 14.3 Å². The molecule has 0 radical (unpaired) electrons. The molecule has 1 heterocycles. The average molecular weight is 447 g/mol. The molecule has 3 aromatic rings. The molecule has 0 N–H and O–H groups in total. The predicted molar refractivity (Wildman–Crippen MR) is 118 cm³/mol. The van der Waals surface area contributed by atoms with E-state index in [0.717, 1.165) is 16.8 Å². The maximum Gasteiger partial charge on any atom is 0.233 e. The number of nitrogens with zero attached hydrogens (tertiary/aromatic N) is 4. The lowest BCUT2D eigenvalue weighted by Crippen LogP contribution is -2.28. The molecule has 0 unspecified atom stereocenters. The topological polar surface area (TPSA) is 69.5 Å². The lowest BCUT2D eigenvalue weighted by Gasteiger charge is -2.19. The molecule has 1 aromatic heterocycles. The molecule has 1 amide bonds. The Kier molecular flexibility index (Phi) is 7.23. The van der Waals surface area contributed by atoms with E-state index in [2.05, 4.69) is 10.2 Å². The van der Waals surface area contributed by atoms with Crippen LogP contribution in [0, 0.1) is 6.92 Å². The van der Waals surface area contributed by atoms with Gasteiger partial charge in [-0.25, -0.2) is 0 Å². The highest BCUT2D eigenvalue weighted by molar-refractivity contribution is 7.99. The van der Waals surface area contributed by atoms with Gasteiger partial charge in [0.2, 0.25) is 5.91 Å². The molecule has 30 heavy (non-hydrogen) atoms. The Morgan fingerprint density at radius 1 is 1.20 bits per heavy atom. The third kappa shape index (κ3) is 5.06. The molecule has 9 heteroatoms. The van der Waals surface area contributed by atoms with Crippen LogP contribution in [0.3, 0.4) is 0 Å². The Morgan fingerprint density at radius 2 is 2.00 bits per heavy atom. The molecule has 0 fully saturated rings. The number of benzene rings is 2. The minimum absolute atomic E-state index is 0.0330. The second-order valence-corrected chi connectivity index (χ2v) is 7.98. The molecule has 0 aliphatic rings. The molecule has 0 atom stereocenters. The minimum atomic E-state index is -0.0330. The standard InChI is InChI=1S/C21H23ClN4O3S/c1-14-5-7-16(9-18(14)22)26-13-23-24-21(26)30-12-20(27)25(2)11-15-6-8-17(28-3)10-19(15)29-4/h5-10,13H,11-12H2,1-4H3. The molecule has 0 saturated carbocycles. The Labute approximate surface area is 185 Å². The number of carbonyl (C=O) groups is 1. The molecule has 0 aliphatic heterocycles. The second kappa shape index (κ2) is 9.86. The fourth-order valence-corrected chi connectivity index (χ4v) is 3.84.